The first kappa shape index (κ1) is 15.1. The van der Waals surface area contributed by atoms with Gasteiger partial charge in [0.2, 0.25) is 0 Å². The molecule has 21 heavy (non-hydrogen) atoms. The minimum Gasteiger partial charge on any atom is -0.310 e. The predicted octanol–water partition coefficient (Wildman–Crippen LogP) is 2.30. The van der Waals surface area contributed by atoms with Crippen LogP contribution in [0.4, 0.5) is 5.69 Å². The van der Waals surface area contributed by atoms with Crippen molar-refractivity contribution >= 4 is 5.69 Å². The number of nitro benzene ring substituents is 1. The van der Waals surface area contributed by atoms with Crippen LogP contribution in [0.15, 0.2) is 24.5 Å². The molecule has 1 aromatic heterocycles. The van der Waals surface area contributed by atoms with E-state index in [2.05, 4.69) is 20.5 Å². The van der Waals surface area contributed by atoms with Gasteiger partial charge in [0, 0.05) is 24.1 Å². The van der Waals surface area contributed by atoms with Crippen LogP contribution in [-0.2, 0) is 6.42 Å². The van der Waals surface area contributed by atoms with E-state index in [0.717, 1.165) is 30.8 Å². The van der Waals surface area contributed by atoms with E-state index in [1.807, 2.05) is 13.0 Å². The smallest absolute Gasteiger partial charge is 0.272 e. The van der Waals surface area contributed by atoms with Gasteiger partial charge in [-0.2, -0.15) is 5.10 Å². The molecule has 0 spiro atoms. The van der Waals surface area contributed by atoms with Gasteiger partial charge in [-0.15, -0.1) is 0 Å². The van der Waals surface area contributed by atoms with Gasteiger partial charge in [-0.3, -0.25) is 15.2 Å². The molecule has 0 fully saturated rings. The molecule has 0 radical (unpaired) electrons. The zero-order valence-electron chi connectivity index (χ0n) is 12.2. The van der Waals surface area contributed by atoms with E-state index in [-0.39, 0.29) is 16.7 Å². The maximum Gasteiger partial charge on any atom is 0.272 e. The molecule has 2 N–H and O–H groups in total. The summed E-state index contributed by atoms with van der Waals surface area (Å²) in [6, 6.07) is 5.43. The first-order valence-corrected chi connectivity index (χ1v) is 6.90. The lowest BCUT2D eigenvalue weighted by molar-refractivity contribution is -0.385. The quantitative estimate of drug-likeness (QED) is 0.463. The topological polar surface area (TPSA) is 96.7 Å². The van der Waals surface area contributed by atoms with Crippen molar-refractivity contribution in [3.63, 3.8) is 0 Å². The third kappa shape index (κ3) is 4.09. The van der Waals surface area contributed by atoms with Crippen molar-refractivity contribution in [3.05, 3.63) is 51.6 Å². The van der Waals surface area contributed by atoms with Crippen molar-refractivity contribution in [2.24, 2.45) is 0 Å². The van der Waals surface area contributed by atoms with Crippen LogP contribution >= 0.6 is 0 Å². The molecule has 0 saturated heterocycles. The standard InChI is InChI=1S/C14H19N5O2/c1-10-5-6-12(8-13(10)19(20)21)11(2)15-7-3-4-14-16-9-17-18-14/h5-6,8-9,11,15H,3-4,7H2,1-2H3,(H,16,17,18). The molecule has 1 atom stereocenters. The van der Waals surface area contributed by atoms with E-state index in [9.17, 15) is 10.1 Å². The van der Waals surface area contributed by atoms with Crippen LogP contribution in [0.1, 0.15) is 36.3 Å². The number of nitro groups is 1. The van der Waals surface area contributed by atoms with Crippen molar-refractivity contribution in [1.82, 2.24) is 20.5 Å². The zero-order chi connectivity index (χ0) is 15.2. The van der Waals surface area contributed by atoms with E-state index in [1.54, 1.807) is 19.1 Å². The summed E-state index contributed by atoms with van der Waals surface area (Å²) in [6.07, 6.45) is 3.25. The lowest BCUT2D eigenvalue weighted by atomic mass is 10.0. The lowest BCUT2D eigenvalue weighted by Gasteiger charge is -2.14. The Morgan fingerprint density at radius 2 is 2.29 bits per heavy atom. The number of benzene rings is 1. The van der Waals surface area contributed by atoms with Crippen LogP contribution in [0.25, 0.3) is 0 Å². The Morgan fingerprint density at radius 3 is 2.95 bits per heavy atom. The molecule has 1 aromatic carbocycles. The molecule has 0 amide bonds. The number of aryl methyl sites for hydroxylation is 2. The summed E-state index contributed by atoms with van der Waals surface area (Å²) in [6.45, 7) is 4.56. The van der Waals surface area contributed by atoms with E-state index < -0.39 is 0 Å². The van der Waals surface area contributed by atoms with Crippen LogP contribution in [-0.4, -0.2) is 26.6 Å². The molecule has 0 aliphatic rings. The van der Waals surface area contributed by atoms with E-state index >= 15 is 0 Å². The number of hydrogen-bond donors (Lipinski definition) is 2. The first-order valence-electron chi connectivity index (χ1n) is 6.90. The summed E-state index contributed by atoms with van der Waals surface area (Å²) in [5.74, 6) is 0.871. The van der Waals surface area contributed by atoms with E-state index in [1.165, 1.54) is 6.33 Å². The monoisotopic (exact) mass is 289 g/mol. The molecule has 2 rings (SSSR count). The molecular formula is C14H19N5O2. The SMILES string of the molecule is Cc1ccc(C(C)NCCCc2ncn[nH]2)cc1[N+](=O)[O-]. The second-order valence-corrected chi connectivity index (χ2v) is 5.01. The Kier molecular flexibility index (Phi) is 4.99. The summed E-state index contributed by atoms with van der Waals surface area (Å²) < 4.78 is 0. The minimum atomic E-state index is -0.338. The van der Waals surface area contributed by atoms with Crippen LogP contribution in [0.3, 0.4) is 0 Å². The molecule has 1 unspecified atom stereocenters. The number of rotatable bonds is 7. The van der Waals surface area contributed by atoms with Gasteiger partial charge in [0.05, 0.1) is 4.92 Å². The summed E-state index contributed by atoms with van der Waals surface area (Å²) >= 11 is 0. The highest BCUT2D eigenvalue weighted by Gasteiger charge is 2.13. The van der Waals surface area contributed by atoms with Crippen molar-refractivity contribution < 1.29 is 4.92 Å². The molecule has 2 aromatic rings. The van der Waals surface area contributed by atoms with E-state index in [4.69, 9.17) is 0 Å². The molecular weight excluding hydrogens is 270 g/mol. The van der Waals surface area contributed by atoms with Gasteiger partial charge in [0.25, 0.3) is 5.69 Å². The maximum absolute atomic E-state index is 11.0. The van der Waals surface area contributed by atoms with Crippen molar-refractivity contribution in [1.29, 1.82) is 0 Å². The largest absolute Gasteiger partial charge is 0.310 e. The second-order valence-electron chi connectivity index (χ2n) is 5.01. The highest BCUT2D eigenvalue weighted by molar-refractivity contribution is 5.43. The summed E-state index contributed by atoms with van der Waals surface area (Å²) in [5, 5.41) is 20.9. The van der Waals surface area contributed by atoms with Gasteiger partial charge in [-0.1, -0.05) is 12.1 Å². The molecule has 112 valence electrons. The highest BCUT2D eigenvalue weighted by atomic mass is 16.6. The van der Waals surface area contributed by atoms with Crippen LogP contribution in [0, 0.1) is 17.0 Å². The predicted molar refractivity (Wildman–Crippen MR) is 79.0 cm³/mol. The van der Waals surface area contributed by atoms with Crippen molar-refractivity contribution in [3.8, 4) is 0 Å². The van der Waals surface area contributed by atoms with Crippen LogP contribution in [0.5, 0.6) is 0 Å². The maximum atomic E-state index is 11.0. The van der Waals surface area contributed by atoms with Gasteiger partial charge >= 0.3 is 0 Å². The number of aromatic nitrogens is 3. The third-order valence-corrected chi connectivity index (χ3v) is 3.44. The molecule has 0 aliphatic heterocycles. The van der Waals surface area contributed by atoms with Crippen LogP contribution < -0.4 is 5.32 Å². The Bertz CT molecular complexity index is 597. The summed E-state index contributed by atoms with van der Waals surface area (Å²) in [5.41, 5.74) is 1.77. The van der Waals surface area contributed by atoms with Gasteiger partial charge in [-0.05, 0) is 32.4 Å². The fraction of sp³-hybridized carbons (Fsp3) is 0.429. The fourth-order valence-corrected chi connectivity index (χ4v) is 2.14. The van der Waals surface area contributed by atoms with Gasteiger partial charge < -0.3 is 5.32 Å². The number of nitrogens with zero attached hydrogens (tertiary/aromatic N) is 3. The molecule has 1 heterocycles. The Labute approximate surface area is 122 Å². The molecule has 7 heteroatoms. The number of aromatic amines is 1. The van der Waals surface area contributed by atoms with Crippen molar-refractivity contribution in [2.45, 2.75) is 32.7 Å². The third-order valence-electron chi connectivity index (χ3n) is 3.44. The fourth-order valence-electron chi connectivity index (χ4n) is 2.14. The summed E-state index contributed by atoms with van der Waals surface area (Å²) in [4.78, 5) is 14.7. The number of hydrogen-bond acceptors (Lipinski definition) is 5. The number of nitrogens with one attached hydrogen (secondary N) is 2. The van der Waals surface area contributed by atoms with Gasteiger partial charge in [0.15, 0.2) is 0 Å². The van der Waals surface area contributed by atoms with Crippen molar-refractivity contribution in [2.75, 3.05) is 6.54 Å². The lowest BCUT2D eigenvalue weighted by Crippen LogP contribution is -2.20. The average Bonchev–Trinajstić information content (AvgIpc) is 2.96. The Balaban J connectivity index is 1.86. The second kappa shape index (κ2) is 6.94. The molecule has 0 saturated carbocycles. The molecule has 0 aliphatic carbocycles. The van der Waals surface area contributed by atoms with Gasteiger partial charge in [-0.25, -0.2) is 4.98 Å². The molecule has 0 bridgehead atoms. The van der Waals surface area contributed by atoms with Gasteiger partial charge in [0.1, 0.15) is 12.2 Å². The number of H-pyrrole nitrogens is 1. The van der Waals surface area contributed by atoms with E-state index in [0.29, 0.717) is 5.56 Å². The van der Waals surface area contributed by atoms with Crippen LogP contribution in [0.2, 0.25) is 0 Å². The normalized spacial score (nSPS) is 12.3. The highest BCUT2D eigenvalue weighted by Crippen LogP contribution is 2.23. The Hall–Kier alpha value is -2.28. The molecule has 7 nitrogen and oxygen atoms in total. The zero-order valence-corrected chi connectivity index (χ0v) is 12.2. The Morgan fingerprint density at radius 1 is 1.48 bits per heavy atom. The first-order chi connectivity index (χ1) is 10.1. The average molecular weight is 289 g/mol. The minimum absolute atomic E-state index is 0.0685. The summed E-state index contributed by atoms with van der Waals surface area (Å²) in [7, 11) is 0.